The molecule has 0 amide bonds. The highest BCUT2D eigenvalue weighted by atomic mass is 16.4. The number of carbonyl (C=O) groups is 1. The third kappa shape index (κ3) is 2.30. The minimum Gasteiger partial charge on any atom is -0.478 e. The highest BCUT2D eigenvalue weighted by Gasteiger charge is 2.07. The maximum absolute atomic E-state index is 11.0. The molecule has 2 aromatic carbocycles. The van der Waals surface area contributed by atoms with Gasteiger partial charge in [0.1, 0.15) is 0 Å². The first-order valence-corrected chi connectivity index (χ1v) is 6.51. The van der Waals surface area contributed by atoms with Crippen LogP contribution in [0.3, 0.4) is 0 Å². The van der Waals surface area contributed by atoms with Gasteiger partial charge in [-0.15, -0.1) is 0 Å². The first-order valence-electron chi connectivity index (χ1n) is 6.51. The van der Waals surface area contributed by atoms with Crippen molar-refractivity contribution in [2.45, 2.75) is 13.5 Å². The molecule has 100 valence electrons. The molecule has 3 aromatic rings. The molecule has 0 atom stereocenters. The lowest BCUT2D eigenvalue weighted by Crippen LogP contribution is -1.99. The van der Waals surface area contributed by atoms with Crippen LogP contribution in [-0.2, 0) is 6.54 Å². The Kier molecular flexibility index (Phi) is 3.03. The number of aryl methyl sites for hydroxylation is 1. The number of hydrogen-bond donors (Lipinski definition) is 1. The van der Waals surface area contributed by atoms with Gasteiger partial charge in [0.05, 0.1) is 5.56 Å². The molecule has 0 saturated heterocycles. The summed E-state index contributed by atoms with van der Waals surface area (Å²) in [6.07, 6.45) is 2.00. The van der Waals surface area contributed by atoms with E-state index in [0.717, 1.165) is 17.4 Å². The molecule has 0 bridgehead atoms. The number of rotatable bonds is 3. The summed E-state index contributed by atoms with van der Waals surface area (Å²) in [5, 5.41) is 9.97. The second kappa shape index (κ2) is 4.85. The number of carboxylic acid groups (broad SMARTS) is 1. The van der Waals surface area contributed by atoms with Gasteiger partial charge in [-0.1, -0.05) is 29.8 Å². The smallest absolute Gasteiger partial charge is 0.335 e. The quantitative estimate of drug-likeness (QED) is 0.784. The largest absolute Gasteiger partial charge is 0.478 e. The molecule has 0 saturated carbocycles. The van der Waals surface area contributed by atoms with Crippen molar-refractivity contribution >= 4 is 16.9 Å². The molecular formula is C17H15NO2. The fraction of sp³-hybridized carbons (Fsp3) is 0.118. The summed E-state index contributed by atoms with van der Waals surface area (Å²) < 4.78 is 2.13. The van der Waals surface area contributed by atoms with Crippen molar-refractivity contribution in [3.8, 4) is 0 Å². The normalized spacial score (nSPS) is 10.8. The molecule has 3 nitrogen and oxygen atoms in total. The van der Waals surface area contributed by atoms with Gasteiger partial charge in [0, 0.05) is 23.6 Å². The minimum absolute atomic E-state index is 0.325. The molecule has 0 fully saturated rings. The highest BCUT2D eigenvalue weighted by molar-refractivity contribution is 5.93. The maximum Gasteiger partial charge on any atom is 0.335 e. The molecule has 0 aliphatic heterocycles. The maximum atomic E-state index is 11.0. The van der Waals surface area contributed by atoms with E-state index in [1.54, 1.807) is 12.1 Å². The lowest BCUT2D eigenvalue weighted by Gasteiger charge is -2.07. The number of benzene rings is 2. The Bertz CT molecular complexity index is 787. The van der Waals surface area contributed by atoms with Crippen LogP contribution in [0.5, 0.6) is 0 Å². The molecule has 1 N–H and O–H groups in total. The monoisotopic (exact) mass is 265 g/mol. The summed E-state index contributed by atoms with van der Waals surface area (Å²) in [5.41, 5.74) is 3.86. The Labute approximate surface area is 117 Å². The molecular weight excluding hydrogens is 250 g/mol. The van der Waals surface area contributed by atoms with Gasteiger partial charge in [0.25, 0.3) is 0 Å². The predicted octanol–water partition coefficient (Wildman–Crippen LogP) is 3.70. The molecule has 0 spiro atoms. The van der Waals surface area contributed by atoms with E-state index in [-0.39, 0.29) is 0 Å². The fourth-order valence-corrected chi connectivity index (χ4v) is 2.48. The molecule has 1 heterocycles. The SMILES string of the molecule is Cc1cccc(Cn2ccc3cc(C(=O)O)ccc32)c1. The Morgan fingerprint density at radius 2 is 2.00 bits per heavy atom. The molecule has 1 aromatic heterocycles. The van der Waals surface area contributed by atoms with Crippen molar-refractivity contribution in [3.05, 3.63) is 71.4 Å². The second-order valence-corrected chi connectivity index (χ2v) is 5.01. The number of nitrogens with zero attached hydrogens (tertiary/aromatic N) is 1. The zero-order valence-corrected chi connectivity index (χ0v) is 11.2. The van der Waals surface area contributed by atoms with Crippen molar-refractivity contribution in [2.75, 3.05) is 0 Å². The van der Waals surface area contributed by atoms with Crippen LogP contribution >= 0.6 is 0 Å². The standard InChI is InChI=1S/C17H15NO2/c1-12-3-2-4-13(9-12)11-18-8-7-14-10-15(17(19)20)5-6-16(14)18/h2-10H,11H2,1H3,(H,19,20). The first kappa shape index (κ1) is 12.5. The molecule has 20 heavy (non-hydrogen) atoms. The summed E-state index contributed by atoms with van der Waals surface area (Å²) in [6.45, 7) is 2.87. The zero-order valence-electron chi connectivity index (χ0n) is 11.2. The molecule has 3 rings (SSSR count). The van der Waals surface area contributed by atoms with Gasteiger partial charge >= 0.3 is 5.97 Å². The topological polar surface area (TPSA) is 42.2 Å². The lowest BCUT2D eigenvalue weighted by molar-refractivity contribution is 0.0697. The van der Waals surface area contributed by atoms with Crippen LogP contribution in [0.4, 0.5) is 0 Å². The van der Waals surface area contributed by atoms with Crippen molar-refractivity contribution in [2.24, 2.45) is 0 Å². The van der Waals surface area contributed by atoms with E-state index >= 15 is 0 Å². The third-order valence-electron chi connectivity index (χ3n) is 3.45. The minimum atomic E-state index is -0.890. The number of carboxylic acids is 1. The van der Waals surface area contributed by atoms with Gasteiger partial charge in [-0.3, -0.25) is 0 Å². The average Bonchev–Trinajstić information content (AvgIpc) is 2.81. The Morgan fingerprint density at radius 3 is 2.75 bits per heavy atom. The summed E-state index contributed by atoms with van der Waals surface area (Å²) in [4.78, 5) is 11.0. The van der Waals surface area contributed by atoms with E-state index in [2.05, 4.69) is 35.8 Å². The Hall–Kier alpha value is -2.55. The third-order valence-corrected chi connectivity index (χ3v) is 3.45. The van der Waals surface area contributed by atoms with Gasteiger partial charge < -0.3 is 9.67 Å². The van der Waals surface area contributed by atoms with Gasteiger partial charge in [0.15, 0.2) is 0 Å². The van der Waals surface area contributed by atoms with Crippen LogP contribution in [0.1, 0.15) is 21.5 Å². The van der Waals surface area contributed by atoms with Crippen LogP contribution in [0, 0.1) is 6.92 Å². The van der Waals surface area contributed by atoms with Crippen LogP contribution in [-0.4, -0.2) is 15.6 Å². The molecule has 3 heteroatoms. The summed E-state index contributed by atoms with van der Waals surface area (Å²) >= 11 is 0. The van der Waals surface area contributed by atoms with E-state index in [0.29, 0.717) is 5.56 Å². The summed E-state index contributed by atoms with van der Waals surface area (Å²) in [5.74, 6) is -0.890. The zero-order chi connectivity index (χ0) is 14.1. The van der Waals surface area contributed by atoms with Gasteiger partial charge in [-0.25, -0.2) is 4.79 Å². The van der Waals surface area contributed by atoms with E-state index < -0.39 is 5.97 Å². The number of aromatic carboxylic acids is 1. The predicted molar refractivity (Wildman–Crippen MR) is 79.2 cm³/mol. The van der Waals surface area contributed by atoms with Crippen LogP contribution in [0.15, 0.2) is 54.7 Å². The molecule has 0 aliphatic carbocycles. The number of fused-ring (bicyclic) bond motifs is 1. The van der Waals surface area contributed by atoms with Gasteiger partial charge in [-0.2, -0.15) is 0 Å². The summed E-state index contributed by atoms with van der Waals surface area (Å²) in [7, 11) is 0. The lowest BCUT2D eigenvalue weighted by atomic mass is 10.1. The van der Waals surface area contributed by atoms with E-state index in [1.165, 1.54) is 11.1 Å². The van der Waals surface area contributed by atoms with Crippen molar-refractivity contribution < 1.29 is 9.90 Å². The van der Waals surface area contributed by atoms with Crippen molar-refractivity contribution in [3.63, 3.8) is 0 Å². The second-order valence-electron chi connectivity index (χ2n) is 5.01. The molecule has 0 unspecified atom stereocenters. The molecule has 0 aliphatic rings. The molecule has 0 radical (unpaired) electrons. The Morgan fingerprint density at radius 1 is 1.15 bits per heavy atom. The fourth-order valence-electron chi connectivity index (χ4n) is 2.48. The van der Waals surface area contributed by atoms with Crippen LogP contribution in [0.2, 0.25) is 0 Å². The van der Waals surface area contributed by atoms with Gasteiger partial charge in [-0.05, 0) is 36.8 Å². The van der Waals surface area contributed by atoms with E-state index in [4.69, 9.17) is 5.11 Å². The average molecular weight is 265 g/mol. The van der Waals surface area contributed by atoms with E-state index in [1.807, 2.05) is 18.3 Å². The van der Waals surface area contributed by atoms with Crippen LogP contribution < -0.4 is 0 Å². The van der Waals surface area contributed by atoms with Crippen molar-refractivity contribution in [1.82, 2.24) is 4.57 Å². The van der Waals surface area contributed by atoms with Crippen molar-refractivity contribution in [1.29, 1.82) is 0 Å². The van der Waals surface area contributed by atoms with Gasteiger partial charge in [0.2, 0.25) is 0 Å². The number of hydrogen-bond acceptors (Lipinski definition) is 1. The number of aromatic nitrogens is 1. The van der Waals surface area contributed by atoms with E-state index in [9.17, 15) is 4.79 Å². The Balaban J connectivity index is 1.98. The van der Waals surface area contributed by atoms with Crippen LogP contribution in [0.25, 0.3) is 10.9 Å². The first-order chi connectivity index (χ1) is 9.63. The highest BCUT2D eigenvalue weighted by Crippen LogP contribution is 2.19. The summed E-state index contributed by atoms with van der Waals surface area (Å²) in [6, 6.07) is 15.6.